The average molecular weight is 109 g/mol. The number of nitrogens with one attached hydrogen (secondary N) is 1. The van der Waals surface area contributed by atoms with Gasteiger partial charge in [-0.1, -0.05) is 20.1 Å². The summed E-state index contributed by atoms with van der Waals surface area (Å²) < 4.78 is 0. The number of allylic oxidation sites excluding steroid dienone is 1. The fourth-order valence-electron chi connectivity index (χ4n) is 0.810. The predicted molar refractivity (Wildman–Crippen MR) is 35.4 cm³/mol. The molecular formula is C7H11N. The second kappa shape index (κ2) is 1.66. The number of hydrogen-bond donors (Lipinski definition) is 1. The summed E-state index contributed by atoms with van der Waals surface area (Å²) in [6, 6.07) is 0. The van der Waals surface area contributed by atoms with E-state index >= 15 is 0 Å². The van der Waals surface area contributed by atoms with Gasteiger partial charge in [-0.25, -0.2) is 0 Å². The van der Waals surface area contributed by atoms with Crippen LogP contribution in [0.25, 0.3) is 0 Å². The monoisotopic (exact) mass is 109 g/mol. The first kappa shape index (κ1) is 5.42. The van der Waals surface area contributed by atoms with Crippen molar-refractivity contribution < 1.29 is 0 Å². The summed E-state index contributed by atoms with van der Waals surface area (Å²) in [5.74, 6) is 0.586. The molecule has 1 nitrogen and oxygen atoms in total. The van der Waals surface area contributed by atoms with Gasteiger partial charge in [-0.2, -0.15) is 0 Å². The summed E-state index contributed by atoms with van der Waals surface area (Å²) in [6.07, 6.45) is 0. The third-order valence-corrected chi connectivity index (χ3v) is 1.60. The first-order valence-corrected chi connectivity index (χ1v) is 2.83. The zero-order valence-corrected chi connectivity index (χ0v) is 5.20. The molecular weight excluding hydrogens is 98.1 g/mol. The Morgan fingerprint density at radius 1 is 1.62 bits per heavy atom. The van der Waals surface area contributed by atoms with E-state index in [9.17, 15) is 0 Å². The standard InChI is InChI=1S/C7H11N/c1-5-4-8-7(3)6(5)2/h5,8H,2-4H2,1H3. The van der Waals surface area contributed by atoms with E-state index in [1.165, 1.54) is 0 Å². The predicted octanol–water partition coefficient (Wildman–Crippen LogP) is 1.30. The summed E-state index contributed by atoms with van der Waals surface area (Å²) in [5, 5.41) is 3.12. The smallest absolute Gasteiger partial charge is 0.0297 e. The number of hydrogen-bond acceptors (Lipinski definition) is 1. The molecule has 1 rings (SSSR count). The molecule has 1 unspecified atom stereocenters. The van der Waals surface area contributed by atoms with Gasteiger partial charge in [0.1, 0.15) is 0 Å². The zero-order valence-electron chi connectivity index (χ0n) is 5.20. The van der Waals surface area contributed by atoms with Gasteiger partial charge in [-0.15, -0.1) is 0 Å². The van der Waals surface area contributed by atoms with Crippen LogP contribution in [0.4, 0.5) is 0 Å². The van der Waals surface area contributed by atoms with E-state index in [1.807, 2.05) is 0 Å². The van der Waals surface area contributed by atoms with Gasteiger partial charge in [-0.05, 0) is 11.5 Å². The maximum atomic E-state index is 3.85. The van der Waals surface area contributed by atoms with E-state index in [-0.39, 0.29) is 0 Å². The SMILES string of the molecule is C=C1NCC(C)C1=C. The lowest BCUT2D eigenvalue weighted by atomic mass is 10.1. The minimum absolute atomic E-state index is 0.586. The van der Waals surface area contributed by atoms with Gasteiger partial charge in [0.15, 0.2) is 0 Å². The Morgan fingerprint density at radius 3 is 2.38 bits per heavy atom. The molecule has 1 atom stereocenters. The Labute approximate surface area is 50.1 Å². The molecule has 1 heterocycles. The van der Waals surface area contributed by atoms with Crippen molar-refractivity contribution in [3.8, 4) is 0 Å². The Bertz CT molecular complexity index is 135. The summed E-state index contributed by atoms with van der Waals surface area (Å²) in [4.78, 5) is 0. The van der Waals surface area contributed by atoms with Gasteiger partial charge in [-0.3, -0.25) is 0 Å². The fraction of sp³-hybridized carbons (Fsp3) is 0.429. The van der Waals surface area contributed by atoms with E-state index in [0.717, 1.165) is 17.8 Å². The molecule has 1 N–H and O–H groups in total. The topological polar surface area (TPSA) is 12.0 Å². The van der Waals surface area contributed by atoms with Crippen LogP contribution >= 0.6 is 0 Å². The highest BCUT2D eigenvalue weighted by molar-refractivity contribution is 5.30. The highest BCUT2D eigenvalue weighted by Crippen LogP contribution is 2.19. The number of rotatable bonds is 0. The molecule has 1 saturated heterocycles. The van der Waals surface area contributed by atoms with Gasteiger partial charge in [0.25, 0.3) is 0 Å². The largest absolute Gasteiger partial charge is 0.385 e. The maximum absolute atomic E-state index is 3.85. The van der Waals surface area contributed by atoms with Gasteiger partial charge in [0.05, 0.1) is 0 Å². The van der Waals surface area contributed by atoms with Crippen LogP contribution in [-0.2, 0) is 0 Å². The van der Waals surface area contributed by atoms with Crippen molar-refractivity contribution in [3.63, 3.8) is 0 Å². The molecule has 0 radical (unpaired) electrons. The first-order valence-electron chi connectivity index (χ1n) is 2.83. The van der Waals surface area contributed by atoms with Crippen molar-refractivity contribution in [2.75, 3.05) is 6.54 Å². The van der Waals surface area contributed by atoms with Crippen molar-refractivity contribution in [1.82, 2.24) is 5.32 Å². The summed E-state index contributed by atoms with van der Waals surface area (Å²) in [6.45, 7) is 10.8. The second-order valence-corrected chi connectivity index (χ2v) is 2.29. The van der Waals surface area contributed by atoms with E-state index < -0.39 is 0 Å². The van der Waals surface area contributed by atoms with E-state index in [0.29, 0.717) is 5.92 Å². The lowest BCUT2D eigenvalue weighted by molar-refractivity contribution is 0.726. The summed E-state index contributed by atoms with van der Waals surface area (Å²) in [5.41, 5.74) is 2.17. The molecule has 0 aromatic heterocycles. The van der Waals surface area contributed by atoms with E-state index in [4.69, 9.17) is 0 Å². The second-order valence-electron chi connectivity index (χ2n) is 2.29. The molecule has 0 amide bonds. The molecule has 1 fully saturated rings. The van der Waals surface area contributed by atoms with E-state index in [2.05, 4.69) is 25.4 Å². The molecule has 0 aromatic carbocycles. The van der Waals surface area contributed by atoms with Crippen LogP contribution in [0.3, 0.4) is 0 Å². The first-order chi connectivity index (χ1) is 3.72. The van der Waals surface area contributed by atoms with Crippen molar-refractivity contribution >= 4 is 0 Å². The van der Waals surface area contributed by atoms with Crippen LogP contribution in [0.15, 0.2) is 24.4 Å². The molecule has 8 heavy (non-hydrogen) atoms. The fourth-order valence-corrected chi connectivity index (χ4v) is 0.810. The van der Waals surface area contributed by atoms with Crippen molar-refractivity contribution in [1.29, 1.82) is 0 Å². The lowest BCUT2D eigenvalue weighted by Crippen LogP contribution is -2.04. The molecule has 0 saturated carbocycles. The third-order valence-electron chi connectivity index (χ3n) is 1.60. The molecule has 0 bridgehead atoms. The van der Waals surface area contributed by atoms with Crippen LogP contribution in [0.2, 0.25) is 0 Å². The van der Waals surface area contributed by atoms with E-state index in [1.54, 1.807) is 0 Å². The Balaban J connectivity index is 2.71. The Hall–Kier alpha value is -0.720. The zero-order chi connectivity index (χ0) is 6.15. The highest BCUT2D eigenvalue weighted by Gasteiger charge is 2.15. The molecule has 44 valence electrons. The maximum Gasteiger partial charge on any atom is 0.0297 e. The normalized spacial score (nSPS) is 28.4. The molecule has 0 spiro atoms. The van der Waals surface area contributed by atoms with Crippen LogP contribution < -0.4 is 5.32 Å². The molecule has 1 aliphatic heterocycles. The van der Waals surface area contributed by atoms with Gasteiger partial charge in [0.2, 0.25) is 0 Å². The quantitative estimate of drug-likeness (QED) is 0.494. The molecule has 1 aliphatic rings. The van der Waals surface area contributed by atoms with Crippen LogP contribution in [0.1, 0.15) is 6.92 Å². The van der Waals surface area contributed by atoms with Crippen molar-refractivity contribution in [2.45, 2.75) is 6.92 Å². The minimum atomic E-state index is 0.586. The molecule has 1 heteroatoms. The molecule has 0 aromatic rings. The Morgan fingerprint density at radius 2 is 2.25 bits per heavy atom. The van der Waals surface area contributed by atoms with Crippen LogP contribution in [-0.4, -0.2) is 6.54 Å². The minimum Gasteiger partial charge on any atom is -0.385 e. The summed E-state index contributed by atoms with van der Waals surface area (Å²) in [7, 11) is 0. The highest BCUT2D eigenvalue weighted by atomic mass is 14.9. The summed E-state index contributed by atoms with van der Waals surface area (Å²) >= 11 is 0. The van der Waals surface area contributed by atoms with Gasteiger partial charge >= 0.3 is 0 Å². The van der Waals surface area contributed by atoms with Gasteiger partial charge in [0, 0.05) is 12.2 Å². The van der Waals surface area contributed by atoms with Crippen LogP contribution in [0, 0.1) is 5.92 Å². The van der Waals surface area contributed by atoms with Crippen LogP contribution in [0.5, 0.6) is 0 Å². The third kappa shape index (κ3) is 0.641. The van der Waals surface area contributed by atoms with Gasteiger partial charge < -0.3 is 5.32 Å². The lowest BCUT2D eigenvalue weighted by Gasteiger charge is -1.96. The van der Waals surface area contributed by atoms with Crippen molar-refractivity contribution in [2.24, 2.45) is 5.92 Å². The average Bonchev–Trinajstić information content (AvgIpc) is 1.98. The van der Waals surface area contributed by atoms with Crippen molar-refractivity contribution in [3.05, 3.63) is 24.4 Å². The Kier molecular flexibility index (Phi) is 1.12. The molecule has 0 aliphatic carbocycles.